The standard InChI is InChI=1S/C21H18F3N3O/c22-16-9-11-17(20(24)19(16)23)27-15-8-10-18(26-13-15)21(28)25-12-4-7-14-5-2-1-3-6-14/h1-3,5-6,8-11,13,27H,4,7,12H2,(H,25,28). The molecule has 0 saturated carbocycles. The van der Waals surface area contributed by atoms with Crippen molar-refractivity contribution in [2.24, 2.45) is 0 Å². The van der Waals surface area contributed by atoms with Gasteiger partial charge in [-0.3, -0.25) is 4.79 Å². The van der Waals surface area contributed by atoms with Gasteiger partial charge in [0.15, 0.2) is 17.5 Å². The molecule has 0 aliphatic rings. The van der Waals surface area contributed by atoms with E-state index in [2.05, 4.69) is 15.6 Å². The van der Waals surface area contributed by atoms with Gasteiger partial charge in [-0.2, -0.15) is 0 Å². The molecule has 7 heteroatoms. The van der Waals surface area contributed by atoms with Gasteiger partial charge in [-0.25, -0.2) is 18.2 Å². The number of carbonyl (C=O) groups excluding carboxylic acids is 1. The third kappa shape index (κ3) is 4.88. The lowest BCUT2D eigenvalue weighted by Gasteiger charge is -2.09. The number of amides is 1. The van der Waals surface area contributed by atoms with Gasteiger partial charge in [0.05, 0.1) is 17.6 Å². The maximum absolute atomic E-state index is 13.7. The van der Waals surface area contributed by atoms with Crippen LogP contribution in [0.1, 0.15) is 22.5 Å². The summed E-state index contributed by atoms with van der Waals surface area (Å²) >= 11 is 0. The highest BCUT2D eigenvalue weighted by atomic mass is 19.2. The maximum atomic E-state index is 13.7. The number of aromatic nitrogens is 1. The van der Waals surface area contributed by atoms with Crippen LogP contribution in [0.25, 0.3) is 0 Å². The van der Waals surface area contributed by atoms with Crippen LogP contribution in [-0.4, -0.2) is 17.4 Å². The first-order valence-electron chi connectivity index (χ1n) is 8.73. The van der Waals surface area contributed by atoms with Gasteiger partial charge in [-0.1, -0.05) is 30.3 Å². The lowest BCUT2D eigenvalue weighted by Crippen LogP contribution is -2.25. The summed E-state index contributed by atoms with van der Waals surface area (Å²) in [6, 6.07) is 14.8. The number of pyridine rings is 1. The van der Waals surface area contributed by atoms with E-state index in [0.717, 1.165) is 25.0 Å². The summed E-state index contributed by atoms with van der Waals surface area (Å²) in [5.41, 5.74) is 1.52. The van der Waals surface area contributed by atoms with Crippen molar-refractivity contribution in [3.63, 3.8) is 0 Å². The molecule has 0 spiro atoms. The van der Waals surface area contributed by atoms with Gasteiger partial charge in [0, 0.05) is 6.54 Å². The summed E-state index contributed by atoms with van der Waals surface area (Å²) in [5, 5.41) is 5.39. The minimum atomic E-state index is -1.55. The molecule has 0 saturated heterocycles. The average molecular weight is 385 g/mol. The molecule has 3 aromatic rings. The number of rotatable bonds is 7. The van der Waals surface area contributed by atoms with Gasteiger partial charge in [0.25, 0.3) is 5.91 Å². The molecule has 0 bridgehead atoms. The van der Waals surface area contributed by atoms with E-state index in [0.29, 0.717) is 12.2 Å². The quantitative estimate of drug-likeness (QED) is 0.461. The van der Waals surface area contributed by atoms with Gasteiger partial charge in [-0.05, 0) is 42.7 Å². The number of nitrogens with one attached hydrogen (secondary N) is 2. The molecule has 4 nitrogen and oxygen atoms in total. The van der Waals surface area contributed by atoms with Crippen molar-refractivity contribution in [1.82, 2.24) is 10.3 Å². The molecular formula is C21H18F3N3O. The smallest absolute Gasteiger partial charge is 0.269 e. The van der Waals surface area contributed by atoms with E-state index in [4.69, 9.17) is 0 Å². The summed E-state index contributed by atoms with van der Waals surface area (Å²) in [7, 11) is 0. The first-order chi connectivity index (χ1) is 13.5. The van der Waals surface area contributed by atoms with E-state index in [-0.39, 0.29) is 17.3 Å². The molecule has 28 heavy (non-hydrogen) atoms. The lowest BCUT2D eigenvalue weighted by molar-refractivity contribution is 0.0948. The molecule has 2 aromatic carbocycles. The van der Waals surface area contributed by atoms with Gasteiger partial charge < -0.3 is 10.6 Å². The molecule has 0 atom stereocenters. The number of anilines is 2. The molecule has 1 amide bonds. The Balaban J connectivity index is 1.52. The summed E-state index contributed by atoms with van der Waals surface area (Å²) in [5.74, 6) is -4.45. The Morgan fingerprint density at radius 1 is 0.929 bits per heavy atom. The Bertz CT molecular complexity index is 947. The number of hydrogen-bond acceptors (Lipinski definition) is 3. The van der Waals surface area contributed by atoms with E-state index >= 15 is 0 Å². The molecule has 3 rings (SSSR count). The second-order valence-electron chi connectivity index (χ2n) is 6.13. The number of benzene rings is 2. The van der Waals surface area contributed by atoms with Crippen molar-refractivity contribution in [1.29, 1.82) is 0 Å². The van der Waals surface area contributed by atoms with E-state index < -0.39 is 17.5 Å². The number of nitrogens with zero attached hydrogens (tertiary/aromatic N) is 1. The SMILES string of the molecule is O=C(NCCCc1ccccc1)c1ccc(Nc2ccc(F)c(F)c2F)cn1. The largest absolute Gasteiger partial charge is 0.352 e. The molecular weight excluding hydrogens is 367 g/mol. The zero-order valence-electron chi connectivity index (χ0n) is 14.9. The molecule has 1 heterocycles. The van der Waals surface area contributed by atoms with Crippen LogP contribution in [-0.2, 0) is 6.42 Å². The van der Waals surface area contributed by atoms with E-state index in [9.17, 15) is 18.0 Å². The second kappa shape index (κ2) is 9.03. The highest BCUT2D eigenvalue weighted by molar-refractivity contribution is 5.92. The van der Waals surface area contributed by atoms with Gasteiger partial charge >= 0.3 is 0 Å². The normalized spacial score (nSPS) is 10.5. The van der Waals surface area contributed by atoms with Crippen molar-refractivity contribution in [3.8, 4) is 0 Å². The molecule has 2 N–H and O–H groups in total. The van der Waals surface area contributed by atoms with E-state index in [1.807, 2.05) is 30.3 Å². The molecule has 144 valence electrons. The first-order valence-corrected chi connectivity index (χ1v) is 8.73. The van der Waals surface area contributed by atoms with E-state index in [1.54, 1.807) is 0 Å². The molecule has 1 aromatic heterocycles. The lowest BCUT2D eigenvalue weighted by atomic mass is 10.1. The zero-order chi connectivity index (χ0) is 19.9. The third-order valence-electron chi connectivity index (χ3n) is 4.08. The number of carbonyl (C=O) groups is 1. The fraction of sp³-hybridized carbons (Fsp3) is 0.143. The molecule has 0 radical (unpaired) electrons. The number of aryl methyl sites for hydroxylation is 1. The van der Waals surface area contributed by atoms with Crippen LogP contribution in [0.5, 0.6) is 0 Å². The van der Waals surface area contributed by atoms with Gasteiger partial charge in [0.1, 0.15) is 5.69 Å². The minimum absolute atomic E-state index is 0.205. The van der Waals surface area contributed by atoms with Crippen LogP contribution in [0.3, 0.4) is 0 Å². The maximum Gasteiger partial charge on any atom is 0.269 e. The predicted octanol–water partition coefficient (Wildman–Crippen LogP) is 4.61. The Kier molecular flexibility index (Phi) is 6.26. The van der Waals surface area contributed by atoms with Crippen LogP contribution in [0.2, 0.25) is 0 Å². The summed E-state index contributed by atoms with van der Waals surface area (Å²) in [6.07, 6.45) is 2.97. The van der Waals surface area contributed by atoms with Crippen LogP contribution in [0.4, 0.5) is 24.5 Å². The average Bonchev–Trinajstić information content (AvgIpc) is 2.73. The third-order valence-corrected chi connectivity index (χ3v) is 4.08. The van der Waals surface area contributed by atoms with Crippen LogP contribution in [0, 0.1) is 17.5 Å². The summed E-state index contributed by atoms with van der Waals surface area (Å²) in [6.45, 7) is 0.509. The first kappa shape index (κ1) is 19.4. The van der Waals surface area contributed by atoms with Crippen LogP contribution < -0.4 is 10.6 Å². The second-order valence-corrected chi connectivity index (χ2v) is 6.13. The summed E-state index contributed by atoms with van der Waals surface area (Å²) in [4.78, 5) is 16.1. The van der Waals surface area contributed by atoms with Crippen molar-refractivity contribution in [2.75, 3.05) is 11.9 Å². The molecule has 0 aliphatic heterocycles. The Labute approximate surface area is 160 Å². The Morgan fingerprint density at radius 3 is 2.43 bits per heavy atom. The highest BCUT2D eigenvalue weighted by Gasteiger charge is 2.14. The van der Waals surface area contributed by atoms with Gasteiger partial charge in [0.2, 0.25) is 0 Å². The summed E-state index contributed by atoms with van der Waals surface area (Å²) < 4.78 is 39.9. The Hall–Kier alpha value is -3.35. The van der Waals surface area contributed by atoms with Crippen molar-refractivity contribution < 1.29 is 18.0 Å². The van der Waals surface area contributed by atoms with Crippen molar-refractivity contribution in [2.45, 2.75) is 12.8 Å². The molecule has 0 unspecified atom stereocenters. The van der Waals surface area contributed by atoms with Crippen molar-refractivity contribution >= 4 is 17.3 Å². The van der Waals surface area contributed by atoms with Gasteiger partial charge in [-0.15, -0.1) is 0 Å². The topological polar surface area (TPSA) is 54.0 Å². The van der Waals surface area contributed by atoms with Crippen molar-refractivity contribution in [3.05, 3.63) is 89.5 Å². The van der Waals surface area contributed by atoms with Crippen LogP contribution >= 0.6 is 0 Å². The van der Waals surface area contributed by atoms with Crippen LogP contribution in [0.15, 0.2) is 60.8 Å². The highest BCUT2D eigenvalue weighted by Crippen LogP contribution is 2.23. The Morgan fingerprint density at radius 2 is 1.71 bits per heavy atom. The number of halogens is 3. The molecule has 0 fully saturated rings. The number of hydrogen-bond donors (Lipinski definition) is 2. The predicted molar refractivity (Wildman–Crippen MR) is 101 cm³/mol. The minimum Gasteiger partial charge on any atom is -0.352 e. The van der Waals surface area contributed by atoms with E-state index in [1.165, 1.54) is 23.9 Å². The fourth-order valence-corrected chi connectivity index (χ4v) is 2.61. The molecule has 0 aliphatic carbocycles. The monoisotopic (exact) mass is 385 g/mol. The fourth-order valence-electron chi connectivity index (χ4n) is 2.61. The zero-order valence-corrected chi connectivity index (χ0v) is 14.9.